The van der Waals surface area contributed by atoms with E-state index in [1.807, 2.05) is 26.1 Å². The van der Waals surface area contributed by atoms with E-state index in [1.165, 1.54) is 12.8 Å². The maximum absolute atomic E-state index is 12.2. The summed E-state index contributed by atoms with van der Waals surface area (Å²) in [6.07, 6.45) is 5.67. The summed E-state index contributed by atoms with van der Waals surface area (Å²) in [6, 6.07) is 3.48. The molecule has 2 N–H and O–H groups in total. The molecular formula is C16H24N6O2. The molecule has 2 amide bonds. The molecule has 3 rings (SSSR count). The molecule has 0 aromatic carbocycles. The number of nitrogens with one attached hydrogen (secondary N) is 2. The molecular weight excluding hydrogens is 308 g/mol. The van der Waals surface area contributed by atoms with Crippen LogP contribution in [0.5, 0.6) is 0 Å². The average molecular weight is 332 g/mol. The summed E-state index contributed by atoms with van der Waals surface area (Å²) < 4.78 is 7.35. The lowest BCUT2D eigenvalue weighted by atomic mass is 10.2. The normalized spacial score (nSPS) is 17.6. The molecule has 1 aliphatic heterocycles. The third-order valence-corrected chi connectivity index (χ3v) is 4.39. The van der Waals surface area contributed by atoms with Crippen LogP contribution in [0.4, 0.5) is 4.79 Å². The molecule has 2 atom stereocenters. The largest absolute Gasteiger partial charge is 0.468 e. The number of urea groups is 1. The first-order valence-electron chi connectivity index (χ1n) is 8.31. The van der Waals surface area contributed by atoms with E-state index in [0.717, 1.165) is 18.8 Å². The van der Waals surface area contributed by atoms with Crippen LogP contribution in [0.25, 0.3) is 0 Å². The molecule has 0 aliphatic carbocycles. The van der Waals surface area contributed by atoms with Gasteiger partial charge in [0, 0.05) is 13.6 Å². The average Bonchev–Trinajstić information content (AvgIpc) is 3.29. The number of likely N-dealkylation sites (tertiary alicyclic amines) is 1. The van der Waals surface area contributed by atoms with Gasteiger partial charge in [-0.05, 0) is 45.0 Å². The maximum Gasteiger partial charge on any atom is 0.315 e. The van der Waals surface area contributed by atoms with Gasteiger partial charge in [0.25, 0.3) is 0 Å². The molecule has 8 nitrogen and oxygen atoms in total. The van der Waals surface area contributed by atoms with E-state index < -0.39 is 0 Å². The van der Waals surface area contributed by atoms with Crippen LogP contribution in [-0.4, -0.2) is 45.3 Å². The minimum absolute atomic E-state index is 0.0679. The Morgan fingerprint density at radius 3 is 2.83 bits per heavy atom. The third kappa shape index (κ3) is 3.76. The van der Waals surface area contributed by atoms with E-state index >= 15 is 0 Å². The van der Waals surface area contributed by atoms with Crippen LogP contribution in [0, 0.1) is 0 Å². The topological polar surface area (TPSA) is 88.2 Å². The van der Waals surface area contributed by atoms with Gasteiger partial charge in [-0.3, -0.25) is 4.90 Å². The van der Waals surface area contributed by atoms with Crippen molar-refractivity contribution in [3.05, 3.63) is 36.3 Å². The minimum Gasteiger partial charge on any atom is -0.468 e. The molecule has 3 heterocycles. The van der Waals surface area contributed by atoms with E-state index in [1.54, 1.807) is 17.2 Å². The van der Waals surface area contributed by atoms with Crippen molar-refractivity contribution < 1.29 is 9.21 Å². The number of carbonyl (C=O) groups is 1. The molecule has 1 fully saturated rings. The maximum atomic E-state index is 12.2. The van der Waals surface area contributed by atoms with Gasteiger partial charge in [0.15, 0.2) is 5.82 Å². The Morgan fingerprint density at radius 1 is 1.42 bits per heavy atom. The standard InChI is InChI=1S/C16H24N6O2/c1-12(15-20-18-11-21(15)2)19-16(23)17-10-13(14-6-5-9-24-14)22-7-3-4-8-22/h5-6,9,11-13H,3-4,7-8,10H2,1-2H3,(H2,17,19,23). The Kier molecular flexibility index (Phi) is 5.14. The zero-order valence-electron chi connectivity index (χ0n) is 14.1. The fourth-order valence-corrected chi connectivity index (χ4v) is 3.13. The van der Waals surface area contributed by atoms with Gasteiger partial charge in [0.1, 0.15) is 12.1 Å². The first-order chi connectivity index (χ1) is 11.6. The number of rotatable bonds is 6. The predicted octanol–water partition coefficient (Wildman–Crippen LogP) is 1.61. The summed E-state index contributed by atoms with van der Waals surface area (Å²) in [5.41, 5.74) is 0. The highest BCUT2D eigenvalue weighted by Crippen LogP contribution is 2.24. The SMILES string of the molecule is CC(NC(=O)NCC(c1ccco1)N1CCCC1)c1nncn1C. The molecule has 2 unspecified atom stereocenters. The highest BCUT2D eigenvalue weighted by Gasteiger charge is 2.26. The lowest BCUT2D eigenvalue weighted by Crippen LogP contribution is -2.42. The van der Waals surface area contributed by atoms with Crippen LogP contribution < -0.4 is 10.6 Å². The van der Waals surface area contributed by atoms with Crippen molar-refractivity contribution in [3.63, 3.8) is 0 Å². The molecule has 0 radical (unpaired) electrons. The summed E-state index contributed by atoms with van der Waals surface area (Å²) in [4.78, 5) is 14.6. The molecule has 0 saturated carbocycles. The Hall–Kier alpha value is -2.35. The van der Waals surface area contributed by atoms with Crippen LogP contribution in [0.2, 0.25) is 0 Å². The van der Waals surface area contributed by atoms with Gasteiger partial charge < -0.3 is 19.6 Å². The molecule has 130 valence electrons. The zero-order valence-corrected chi connectivity index (χ0v) is 14.1. The quantitative estimate of drug-likeness (QED) is 0.839. The van der Waals surface area contributed by atoms with Gasteiger partial charge in [-0.1, -0.05) is 0 Å². The van der Waals surface area contributed by atoms with Crippen molar-refractivity contribution >= 4 is 6.03 Å². The molecule has 8 heteroatoms. The van der Waals surface area contributed by atoms with Crippen LogP contribution in [-0.2, 0) is 7.05 Å². The number of hydrogen-bond donors (Lipinski definition) is 2. The summed E-state index contributed by atoms with van der Waals surface area (Å²) in [5.74, 6) is 1.60. The monoisotopic (exact) mass is 332 g/mol. The van der Waals surface area contributed by atoms with Crippen molar-refractivity contribution in [2.75, 3.05) is 19.6 Å². The second-order valence-electron chi connectivity index (χ2n) is 6.15. The number of aromatic nitrogens is 3. The van der Waals surface area contributed by atoms with Gasteiger partial charge in [-0.2, -0.15) is 0 Å². The van der Waals surface area contributed by atoms with Crippen LogP contribution >= 0.6 is 0 Å². The Morgan fingerprint density at radius 2 is 2.21 bits per heavy atom. The predicted molar refractivity (Wildman–Crippen MR) is 88.2 cm³/mol. The highest BCUT2D eigenvalue weighted by molar-refractivity contribution is 5.74. The van der Waals surface area contributed by atoms with Crippen LogP contribution in [0.1, 0.15) is 43.4 Å². The first kappa shape index (κ1) is 16.5. The zero-order chi connectivity index (χ0) is 16.9. The summed E-state index contributed by atoms with van der Waals surface area (Å²) in [6.45, 7) is 4.45. The van der Waals surface area contributed by atoms with Gasteiger partial charge >= 0.3 is 6.03 Å². The van der Waals surface area contributed by atoms with Gasteiger partial charge in [-0.25, -0.2) is 4.79 Å². The van der Waals surface area contributed by atoms with Gasteiger partial charge in [0.05, 0.1) is 18.3 Å². The number of amides is 2. The number of furan rings is 1. The van der Waals surface area contributed by atoms with E-state index in [2.05, 4.69) is 25.7 Å². The van der Waals surface area contributed by atoms with Gasteiger partial charge in [0.2, 0.25) is 0 Å². The second-order valence-corrected chi connectivity index (χ2v) is 6.15. The first-order valence-corrected chi connectivity index (χ1v) is 8.31. The third-order valence-electron chi connectivity index (χ3n) is 4.39. The summed E-state index contributed by atoms with van der Waals surface area (Å²) >= 11 is 0. The fourth-order valence-electron chi connectivity index (χ4n) is 3.13. The Labute approximate surface area is 141 Å². The lowest BCUT2D eigenvalue weighted by Gasteiger charge is -2.26. The number of nitrogens with zero attached hydrogens (tertiary/aromatic N) is 4. The second kappa shape index (κ2) is 7.48. The molecule has 2 aromatic heterocycles. The Balaban J connectivity index is 1.56. The summed E-state index contributed by atoms with van der Waals surface area (Å²) in [5, 5.41) is 13.7. The Bertz CT molecular complexity index is 647. The molecule has 24 heavy (non-hydrogen) atoms. The lowest BCUT2D eigenvalue weighted by molar-refractivity contribution is 0.202. The van der Waals surface area contributed by atoms with Crippen LogP contribution in [0.15, 0.2) is 29.1 Å². The van der Waals surface area contributed by atoms with E-state index in [0.29, 0.717) is 12.4 Å². The van der Waals surface area contributed by atoms with E-state index in [-0.39, 0.29) is 18.1 Å². The van der Waals surface area contributed by atoms with E-state index in [4.69, 9.17) is 4.42 Å². The minimum atomic E-state index is -0.221. The van der Waals surface area contributed by atoms with Crippen molar-refractivity contribution in [1.82, 2.24) is 30.3 Å². The number of carbonyl (C=O) groups excluding carboxylic acids is 1. The highest BCUT2D eigenvalue weighted by atomic mass is 16.3. The van der Waals surface area contributed by atoms with Crippen molar-refractivity contribution in [2.24, 2.45) is 7.05 Å². The molecule has 0 spiro atoms. The molecule has 1 aliphatic rings. The van der Waals surface area contributed by atoms with E-state index in [9.17, 15) is 4.79 Å². The van der Waals surface area contributed by atoms with Crippen LogP contribution in [0.3, 0.4) is 0 Å². The fraction of sp³-hybridized carbons (Fsp3) is 0.562. The van der Waals surface area contributed by atoms with Crippen molar-refractivity contribution in [2.45, 2.75) is 31.8 Å². The number of aryl methyl sites for hydroxylation is 1. The van der Waals surface area contributed by atoms with Gasteiger partial charge in [-0.15, -0.1) is 10.2 Å². The van der Waals surface area contributed by atoms with Crippen molar-refractivity contribution in [3.8, 4) is 0 Å². The molecule has 1 saturated heterocycles. The smallest absolute Gasteiger partial charge is 0.315 e. The molecule has 0 bridgehead atoms. The number of hydrogen-bond acceptors (Lipinski definition) is 5. The molecule has 2 aromatic rings. The van der Waals surface area contributed by atoms with Crippen molar-refractivity contribution in [1.29, 1.82) is 0 Å². The summed E-state index contributed by atoms with van der Waals surface area (Å²) in [7, 11) is 1.85.